The Bertz CT molecular complexity index is 1190. The molecule has 0 fully saturated rings. The molecule has 0 unspecified atom stereocenters. The first-order chi connectivity index (χ1) is 15.2. The fourth-order valence-electron chi connectivity index (χ4n) is 3.76. The minimum absolute atomic E-state index is 0.0132. The van der Waals surface area contributed by atoms with Crippen LogP contribution in [0.1, 0.15) is 28.2 Å². The van der Waals surface area contributed by atoms with Gasteiger partial charge >= 0.3 is 6.09 Å². The van der Waals surface area contributed by atoms with Crippen molar-refractivity contribution in [2.45, 2.75) is 5.92 Å². The van der Waals surface area contributed by atoms with Gasteiger partial charge in [0.15, 0.2) is 0 Å². The molecule has 0 saturated carbocycles. The summed E-state index contributed by atoms with van der Waals surface area (Å²) in [7, 11) is 1.55. The number of fused-ring (bicyclic) bond motifs is 3. The Kier molecular flexibility index (Phi) is 5.87. The van der Waals surface area contributed by atoms with Gasteiger partial charge in [-0.15, -0.1) is 0 Å². The predicted molar refractivity (Wildman–Crippen MR) is 118 cm³/mol. The van der Waals surface area contributed by atoms with Crippen LogP contribution in [0.5, 0.6) is 5.75 Å². The average molecular weight is 408 g/mol. The summed E-state index contributed by atoms with van der Waals surface area (Å²) < 4.78 is 10.6. The zero-order valence-electron chi connectivity index (χ0n) is 17.0. The number of nitrogens with zero attached hydrogens (tertiary/aromatic N) is 1. The SMILES string of the molecule is COc1ccc(C#N)c(C#CCNC(=O)OCC2c3ccccc3-c3ccccc32)c1. The smallest absolute Gasteiger partial charge is 0.407 e. The van der Waals surface area contributed by atoms with Crippen molar-refractivity contribution in [1.29, 1.82) is 5.26 Å². The summed E-state index contributed by atoms with van der Waals surface area (Å²) in [4.78, 5) is 12.2. The summed E-state index contributed by atoms with van der Waals surface area (Å²) in [5.41, 5.74) is 5.71. The van der Waals surface area contributed by atoms with E-state index >= 15 is 0 Å². The maximum Gasteiger partial charge on any atom is 0.407 e. The summed E-state index contributed by atoms with van der Waals surface area (Å²) in [5, 5.41) is 11.8. The van der Waals surface area contributed by atoms with Gasteiger partial charge in [-0.3, -0.25) is 0 Å². The summed E-state index contributed by atoms with van der Waals surface area (Å²) >= 11 is 0. The Labute approximate surface area is 181 Å². The maximum absolute atomic E-state index is 12.2. The third kappa shape index (κ3) is 4.22. The molecular weight excluding hydrogens is 388 g/mol. The van der Waals surface area contributed by atoms with Crippen LogP contribution in [0, 0.1) is 23.2 Å². The van der Waals surface area contributed by atoms with Crippen LogP contribution in [0.15, 0.2) is 66.7 Å². The number of rotatable bonds is 4. The normalized spacial score (nSPS) is 11.4. The molecule has 0 radical (unpaired) electrons. The molecule has 3 aromatic carbocycles. The standard InChI is InChI=1S/C26H20N2O3/c1-30-20-13-12-19(16-27)18(15-20)7-6-14-28-26(29)31-17-25-23-10-4-2-8-21(23)22-9-3-5-11-24(22)25/h2-5,8-13,15,25H,14,17H2,1H3,(H,28,29). The van der Waals surface area contributed by atoms with Gasteiger partial charge in [0, 0.05) is 11.5 Å². The molecule has 1 aliphatic carbocycles. The molecule has 5 heteroatoms. The highest BCUT2D eigenvalue weighted by molar-refractivity contribution is 5.79. The average Bonchev–Trinajstić information content (AvgIpc) is 3.14. The molecule has 0 aliphatic heterocycles. The molecule has 4 rings (SSSR count). The molecule has 0 atom stereocenters. The van der Waals surface area contributed by atoms with E-state index in [1.807, 2.05) is 24.3 Å². The first-order valence-corrected chi connectivity index (χ1v) is 9.87. The minimum atomic E-state index is -0.526. The van der Waals surface area contributed by atoms with Crippen LogP contribution in [0.2, 0.25) is 0 Å². The monoisotopic (exact) mass is 408 g/mol. The van der Waals surface area contributed by atoms with Crippen molar-refractivity contribution in [3.05, 3.63) is 89.0 Å². The van der Waals surface area contributed by atoms with E-state index in [2.05, 4.69) is 47.5 Å². The Morgan fingerprint density at radius 2 is 1.68 bits per heavy atom. The lowest BCUT2D eigenvalue weighted by atomic mass is 9.98. The summed E-state index contributed by atoms with van der Waals surface area (Å²) in [5.74, 6) is 6.38. The van der Waals surface area contributed by atoms with Crippen LogP contribution >= 0.6 is 0 Å². The van der Waals surface area contributed by atoms with Gasteiger partial charge in [0.2, 0.25) is 0 Å². The predicted octanol–water partition coefficient (Wildman–Crippen LogP) is 4.46. The molecule has 152 valence electrons. The second-order valence-corrected chi connectivity index (χ2v) is 7.00. The van der Waals surface area contributed by atoms with Gasteiger partial charge in [-0.1, -0.05) is 60.4 Å². The molecule has 1 aliphatic rings. The molecule has 0 spiro atoms. The molecule has 1 N–H and O–H groups in total. The largest absolute Gasteiger partial charge is 0.497 e. The van der Waals surface area contributed by atoms with Crippen molar-refractivity contribution in [3.63, 3.8) is 0 Å². The number of methoxy groups -OCH3 is 1. The van der Waals surface area contributed by atoms with Gasteiger partial charge in [0.25, 0.3) is 0 Å². The topological polar surface area (TPSA) is 71.3 Å². The number of alkyl carbamates (subject to hydrolysis) is 1. The van der Waals surface area contributed by atoms with Crippen molar-refractivity contribution < 1.29 is 14.3 Å². The number of carbonyl (C=O) groups excluding carboxylic acids is 1. The van der Waals surface area contributed by atoms with Gasteiger partial charge in [-0.25, -0.2) is 4.79 Å². The van der Waals surface area contributed by atoms with Gasteiger partial charge in [0.1, 0.15) is 18.4 Å². The summed E-state index contributed by atoms with van der Waals surface area (Å²) in [6, 6.07) is 23.5. The van der Waals surface area contributed by atoms with Crippen molar-refractivity contribution >= 4 is 6.09 Å². The van der Waals surface area contributed by atoms with Gasteiger partial charge in [-0.05, 0) is 40.5 Å². The second-order valence-electron chi connectivity index (χ2n) is 7.00. The fraction of sp³-hybridized carbons (Fsp3) is 0.154. The van der Waals surface area contributed by atoms with E-state index in [-0.39, 0.29) is 19.1 Å². The Balaban J connectivity index is 1.37. The Morgan fingerprint density at radius 3 is 2.32 bits per heavy atom. The first kappa shape index (κ1) is 20.1. The van der Waals surface area contributed by atoms with Crippen molar-refractivity contribution in [3.8, 4) is 34.8 Å². The number of hydrogen-bond donors (Lipinski definition) is 1. The fourth-order valence-corrected chi connectivity index (χ4v) is 3.76. The Morgan fingerprint density at radius 1 is 1.00 bits per heavy atom. The minimum Gasteiger partial charge on any atom is -0.497 e. The maximum atomic E-state index is 12.2. The highest BCUT2D eigenvalue weighted by Gasteiger charge is 2.28. The van der Waals surface area contributed by atoms with Crippen molar-refractivity contribution in [2.75, 3.05) is 20.3 Å². The van der Waals surface area contributed by atoms with Crippen LogP contribution in [-0.2, 0) is 4.74 Å². The molecule has 5 nitrogen and oxygen atoms in total. The van der Waals surface area contributed by atoms with Crippen LogP contribution in [0.25, 0.3) is 11.1 Å². The van der Waals surface area contributed by atoms with E-state index < -0.39 is 6.09 Å². The molecule has 3 aromatic rings. The quantitative estimate of drug-likeness (QED) is 0.647. The van der Waals surface area contributed by atoms with Gasteiger partial charge in [-0.2, -0.15) is 5.26 Å². The highest BCUT2D eigenvalue weighted by Crippen LogP contribution is 2.44. The first-order valence-electron chi connectivity index (χ1n) is 9.87. The van der Waals surface area contributed by atoms with Crippen LogP contribution in [-0.4, -0.2) is 26.4 Å². The van der Waals surface area contributed by atoms with Crippen LogP contribution < -0.4 is 10.1 Å². The number of hydrogen-bond acceptors (Lipinski definition) is 4. The number of carbonyl (C=O) groups is 1. The lowest BCUT2D eigenvalue weighted by Crippen LogP contribution is -2.26. The number of benzene rings is 3. The highest BCUT2D eigenvalue weighted by atomic mass is 16.5. The van der Waals surface area contributed by atoms with E-state index in [9.17, 15) is 10.1 Å². The molecule has 0 heterocycles. The van der Waals surface area contributed by atoms with Crippen molar-refractivity contribution in [2.24, 2.45) is 0 Å². The number of ether oxygens (including phenoxy) is 2. The van der Waals surface area contributed by atoms with Crippen molar-refractivity contribution in [1.82, 2.24) is 5.32 Å². The third-order valence-corrected chi connectivity index (χ3v) is 5.24. The number of amides is 1. The summed E-state index contributed by atoms with van der Waals surface area (Å²) in [6.07, 6.45) is -0.526. The van der Waals surface area contributed by atoms with Crippen LogP contribution in [0.4, 0.5) is 4.79 Å². The molecular formula is C26H20N2O3. The molecule has 0 saturated heterocycles. The molecule has 0 bridgehead atoms. The van der Waals surface area contributed by atoms with Gasteiger partial charge in [0.05, 0.1) is 19.2 Å². The Hall–Kier alpha value is -4.22. The number of nitrogens with one attached hydrogen (secondary N) is 1. The molecule has 1 amide bonds. The van der Waals surface area contributed by atoms with E-state index in [1.165, 1.54) is 22.3 Å². The second kappa shape index (κ2) is 9.07. The van der Waals surface area contributed by atoms with Crippen LogP contribution in [0.3, 0.4) is 0 Å². The molecule has 31 heavy (non-hydrogen) atoms. The number of nitriles is 1. The zero-order chi connectivity index (χ0) is 21.6. The zero-order valence-corrected chi connectivity index (χ0v) is 17.0. The lowest BCUT2D eigenvalue weighted by Gasteiger charge is -2.14. The van der Waals surface area contributed by atoms with E-state index in [1.54, 1.807) is 25.3 Å². The third-order valence-electron chi connectivity index (χ3n) is 5.24. The molecule has 0 aromatic heterocycles. The lowest BCUT2D eigenvalue weighted by molar-refractivity contribution is 0.144. The summed E-state index contributed by atoms with van der Waals surface area (Å²) in [6.45, 7) is 0.362. The van der Waals surface area contributed by atoms with E-state index in [0.29, 0.717) is 16.9 Å². The van der Waals surface area contributed by atoms with E-state index in [4.69, 9.17) is 9.47 Å². The van der Waals surface area contributed by atoms with Gasteiger partial charge < -0.3 is 14.8 Å². The van der Waals surface area contributed by atoms with E-state index in [0.717, 1.165) is 0 Å².